The van der Waals surface area contributed by atoms with Gasteiger partial charge in [-0.15, -0.1) is 0 Å². The summed E-state index contributed by atoms with van der Waals surface area (Å²) in [6, 6.07) is 11.8. The minimum Gasteiger partial charge on any atom is -0.493 e. The molecule has 1 N–H and O–H groups in total. The van der Waals surface area contributed by atoms with Gasteiger partial charge in [-0.05, 0) is 29.8 Å². The van der Waals surface area contributed by atoms with Crippen LogP contribution in [0.25, 0.3) is 5.82 Å². The molecule has 0 radical (unpaired) electrons. The molecule has 0 aliphatic heterocycles. The molecule has 0 atom stereocenters. The quantitative estimate of drug-likeness (QED) is 0.724. The van der Waals surface area contributed by atoms with Crippen molar-refractivity contribution in [3.63, 3.8) is 0 Å². The Bertz CT molecular complexity index is 787. The molecule has 0 fully saturated rings. The summed E-state index contributed by atoms with van der Waals surface area (Å²) < 4.78 is 12.5. The van der Waals surface area contributed by atoms with E-state index >= 15 is 0 Å². The van der Waals surface area contributed by atoms with Gasteiger partial charge in [0.2, 0.25) is 0 Å². The SMILES string of the molecule is COc1cccc(CNCc2ccnc(-n3cccn3)c2)c1OC. The lowest BCUT2D eigenvalue weighted by atomic mass is 10.1. The van der Waals surface area contributed by atoms with Crippen LogP contribution in [0, 0.1) is 0 Å². The molecular weight excluding hydrogens is 304 g/mol. The molecule has 2 aromatic heterocycles. The molecule has 1 aromatic carbocycles. The number of aromatic nitrogens is 3. The number of benzene rings is 1. The van der Waals surface area contributed by atoms with Crippen LogP contribution in [0.2, 0.25) is 0 Å². The zero-order valence-electron chi connectivity index (χ0n) is 13.8. The molecule has 0 saturated carbocycles. The summed E-state index contributed by atoms with van der Waals surface area (Å²) in [4.78, 5) is 4.33. The first kappa shape index (κ1) is 16.0. The van der Waals surface area contributed by atoms with Crippen LogP contribution in [-0.4, -0.2) is 29.0 Å². The van der Waals surface area contributed by atoms with Crippen molar-refractivity contribution in [2.24, 2.45) is 0 Å². The van der Waals surface area contributed by atoms with E-state index in [9.17, 15) is 0 Å². The Balaban J connectivity index is 1.66. The third kappa shape index (κ3) is 3.55. The number of pyridine rings is 1. The Hall–Kier alpha value is -2.86. The summed E-state index contributed by atoms with van der Waals surface area (Å²) >= 11 is 0. The van der Waals surface area contributed by atoms with Gasteiger partial charge in [0, 0.05) is 37.2 Å². The van der Waals surface area contributed by atoms with E-state index in [2.05, 4.69) is 15.4 Å². The third-order valence-electron chi connectivity index (χ3n) is 3.68. The van der Waals surface area contributed by atoms with E-state index in [4.69, 9.17) is 9.47 Å². The highest BCUT2D eigenvalue weighted by atomic mass is 16.5. The average Bonchev–Trinajstić information content (AvgIpc) is 3.16. The molecular formula is C18H20N4O2. The lowest BCUT2D eigenvalue weighted by Crippen LogP contribution is -2.14. The number of nitrogens with zero attached hydrogens (tertiary/aromatic N) is 3. The number of rotatable bonds is 7. The van der Waals surface area contributed by atoms with Gasteiger partial charge < -0.3 is 14.8 Å². The second kappa shape index (κ2) is 7.61. The van der Waals surface area contributed by atoms with Crippen molar-refractivity contribution in [3.05, 3.63) is 66.1 Å². The molecule has 0 unspecified atom stereocenters. The highest BCUT2D eigenvalue weighted by Crippen LogP contribution is 2.30. The Morgan fingerprint density at radius 1 is 1.04 bits per heavy atom. The van der Waals surface area contributed by atoms with Crippen LogP contribution >= 0.6 is 0 Å². The van der Waals surface area contributed by atoms with Gasteiger partial charge in [0.15, 0.2) is 17.3 Å². The van der Waals surface area contributed by atoms with Crippen molar-refractivity contribution in [2.45, 2.75) is 13.1 Å². The van der Waals surface area contributed by atoms with Gasteiger partial charge >= 0.3 is 0 Å². The van der Waals surface area contributed by atoms with E-state index in [1.54, 1.807) is 31.3 Å². The van der Waals surface area contributed by atoms with Gasteiger partial charge in [-0.1, -0.05) is 12.1 Å². The fourth-order valence-corrected chi connectivity index (χ4v) is 2.53. The predicted octanol–water partition coefficient (Wildman–Crippen LogP) is 2.57. The Morgan fingerprint density at radius 2 is 1.96 bits per heavy atom. The molecule has 0 aliphatic rings. The van der Waals surface area contributed by atoms with Crippen molar-refractivity contribution < 1.29 is 9.47 Å². The van der Waals surface area contributed by atoms with Crippen LogP contribution in [0.4, 0.5) is 0 Å². The topological polar surface area (TPSA) is 61.2 Å². The maximum absolute atomic E-state index is 5.45. The molecule has 3 aromatic rings. The van der Waals surface area contributed by atoms with Gasteiger partial charge in [0.25, 0.3) is 0 Å². The molecule has 2 heterocycles. The number of para-hydroxylation sites is 1. The van der Waals surface area contributed by atoms with Crippen LogP contribution < -0.4 is 14.8 Å². The third-order valence-corrected chi connectivity index (χ3v) is 3.68. The zero-order chi connectivity index (χ0) is 16.8. The predicted molar refractivity (Wildman–Crippen MR) is 91.4 cm³/mol. The van der Waals surface area contributed by atoms with Gasteiger partial charge in [0.05, 0.1) is 14.2 Å². The van der Waals surface area contributed by atoms with E-state index < -0.39 is 0 Å². The summed E-state index contributed by atoms with van der Waals surface area (Å²) in [6.45, 7) is 1.40. The highest BCUT2D eigenvalue weighted by Gasteiger charge is 2.09. The van der Waals surface area contributed by atoms with Crippen LogP contribution in [0.5, 0.6) is 11.5 Å². The number of hydrogen-bond acceptors (Lipinski definition) is 5. The first-order valence-electron chi connectivity index (χ1n) is 7.67. The summed E-state index contributed by atoms with van der Waals surface area (Å²) in [5.41, 5.74) is 2.19. The van der Waals surface area contributed by atoms with Gasteiger partial charge in [-0.3, -0.25) is 0 Å². The zero-order valence-corrected chi connectivity index (χ0v) is 13.8. The molecule has 0 spiro atoms. The lowest BCUT2D eigenvalue weighted by molar-refractivity contribution is 0.350. The molecule has 0 bridgehead atoms. The summed E-state index contributed by atoms with van der Waals surface area (Å²) in [5, 5.41) is 7.62. The molecule has 0 saturated heterocycles. The van der Waals surface area contributed by atoms with Crippen LogP contribution in [0.15, 0.2) is 55.0 Å². The monoisotopic (exact) mass is 324 g/mol. The summed E-state index contributed by atoms with van der Waals surface area (Å²) in [5.74, 6) is 2.30. The fourth-order valence-electron chi connectivity index (χ4n) is 2.53. The van der Waals surface area contributed by atoms with E-state index in [1.807, 2.05) is 42.6 Å². The van der Waals surface area contributed by atoms with E-state index in [1.165, 1.54) is 0 Å². The smallest absolute Gasteiger partial charge is 0.165 e. The van der Waals surface area contributed by atoms with E-state index in [0.29, 0.717) is 6.54 Å². The van der Waals surface area contributed by atoms with Crippen LogP contribution in [0.3, 0.4) is 0 Å². The van der Waals surface area contributed by atoms with Crippen LogP contribution in [0.1, 0.15) is 11.1 Å². The highest BCUT2D eigenvalue weighted by molar-refractivity contribution is 5.46. The van der Waals surface area contributed by atoms with Gasteiger partial charge in [-0.2, -0.15) is 5.10 Å². The largest absolute Gasteiger partial charge is 0.493 e. The van der Waals surface area contributed by atoms with Gasteiger partial charge in [0.1, 0.15) is 0 Å². The molecule has 0 aliphatic carbocycles. The maximum Gasteiger partial charge on any atom is 0.165 e. The van der Waals surface area contributed by atoms with Crippen molar-refractivity contribution >= 4 is 0 Å². The van der Waals surface area contributed by atoms with Crippen molar-refractivity contribution in [3.8, 4) is 17.3 Å². The minimum absolute atomic E-state index is 0.680. The average molecular weight is 324 g/mol. The normalized spacial score (nSPS) is 10.6. The van der Waals surface area contributed by atoms with Crippen LogP contribution in [-0.2, 0) is 13.1 Å². The van der Waals surface area contributed by atoms with Crippen molar-refractivity contribution in [1.82, 2.24) is 20.1 Å². The number of hydrogen-bond donors (Lipinski definition) is 1. The first-order valence-corrected chi connectivity index (χ1v) is 7.67. The van der Waals surface area contributed by atoms with E-state index in [0.717, 1.165) is 35.0 Å². The fraction of sp³-hybridized carbons (Fsp3) is 0.222. The molecule has 0 amide bonds. The molecule has 124 valence electrons. The second-order valence-corrected chi connectivity index (χ2v) is 5.23. The Labute approximate surface area is 141 Å². The molecule has 6 nitrogen and oxygen atoms in total. The number of methoxy groups -OCH3 is 2. The Morgan fingerprint density at radius 3 is 2.71 bits per heavy atom. The van der Waals surface area contributed by atoms with Gasteiger partial charge in [-0.25, -0.2) is 9.67 Å². The molecule has 3 rings (SSSR count). The second-order valence-electron chi connectivity index (χ2n) is 5.23. The maximum atomic E-state index is 5.45. The lowest BCUT2D eigenvalue weighted by Gasteiger charge is -2.13. The van der Waals surface area contributed by atoms with Crippen molar-refractivity contribution in [2.75, 3.05) is 14.2 Å². The number of ether oxygens (including phenoxy) is 2. The minimum atomic E-state index is 0.680. The molecule has 24 heavy (non-hydrogen) atoms. The molecule has 6 heteroatoms. The first-order chi connectivity index (χ1) is 11.8. The Kier molecular flexibility index (Phi) is 5.08. The van der Waals surface area contributed by atoms with E-state index in [-0.39, 0.29) is 0 Å². The standard InChI is InChI=1S/C18H20N4O2/c1-23-16-6-3-5-15(18(16)24-2)13-19-12-14-7-9-20-17(11-14)22-10-4-8-21-22/h3-11,19H,12-13H2,1-2H3. The van der Waals surface area contributed by atoms with Crippen molar-refractivity contribution in [1.29, 1.82) is 0 Å². The summed E-state index contributed by atoms with van der Waals surface area (Å²) in [7, 11) is 3.30. The number of nitrogens with one attached hydrogen (secondary N) is 1. The summed E-state index contributed by atoms with van der Waals surface area (Å²) in [6.07, 6.45) is 5.41.